The van der Waals surface area contributed by atoms with Gasteiger partial charge in [0.2, 0.25) is 35.4 Å². The number of nitrogens with two attached hydrogens (primary N) is 5. The SMILES string of the molecule is CC(C)C[C@H](NC(=O)[C@@H](CO)NC(=O)[C@@H](C)NC(=O)[C@@H](CCCN=C(N)N)NC(=O)[C@@H](CCCN=C(N)N)NC(=O)[C@@H](N)CC(C)C)C(=O)NCC(=O)O. The molecular weight excluding hydrogens is 710 g/mol. The highest BCUT2D eigenvalue weighted by atomic mass is 16.4. The quantitative estimate of drug-likeness (QED) is 0.0223. The Bertz CT molecular complexity index is 1320. The number of carbonyl (C=O) groups excluding carboxylic acids is 6. The normalized spacial score (nSPS) is 14.2. The predicted molar refractivity (Wildman–Crippen MR) is 200 cm³/mol. The number of aliphatic hydroxyl groups is 1. The molecule has 0 heterocycles. The van der Waals surface area contributed by atoms with E-state index >= 15 is 0 Å². The maximum atomic E-state index is 13.6. The third-order valence-electron chi connectivity index (χ3n) is 7.54. The van der Waals surface area contributed by atoms with Gasteiger partial charge in [-0.2, -0.15) is 0 Å². The fourth-order valence-electron chi connectivity index (χ4n) is 4.84. The van der Waals surface area contributed by atoms with Crippen molar-refractivity contribution >= 4 is 53.3 Å². The molecular formula is C32H61N13O9. The van der Waals surface area contributed by atoms with Gasteiger partial charge in [0.25, 0.3) is 0 Å². The minimum Gasteiger partial charge on any atom is -0.480 e. The van der Waals surface area contributed by atoms with Gasteiger partial charge in [-0.3, -0.25) is 43.5 Å². The van der Waals surface area contributed by atoms with E-state index in [1.54, 1.807) is 13.8 Å². The fraction of sp³-hybridized carbons (Fsp3) is 0.719. The van der Waals surface area contributed by atoms with E-state index in [1.165, 1.54) is 6.92 Å². The molecule has 0 unspecified atom stereocenters. The lowest BCUT2D eigenvalue weighted by atomic mass is 10.0. The smallest absolute Gasteiger partial charge is 0.322 e. The van der Waals surface area contributed by atoms with Crippen LogP contribution >= 0.6 is 0 Å². The van der Waals surface area contributed by atoms with Gasteiger partial charge in [-0.25, -0.2) is 0 Å². The molecule has 0 bridgehead atoms. The Morgan fingerprint density at radius 3 is 1.44 bits per heavy atom. The Morgan fingerprint density at radius 2 is 1.00 bits per heavy atom. The van der Waals surface area contributed by atoms with E-state index < -0.39 is 90.8 Å². The topological polar surface area (TPSA) is 387 Å². The Morgan fingerprint density at radius 1 is 0.574 bits per heavy atom. The third-order valence-corrected chi connectivity index (χ3v) is 7.54. The minimum atomic E-state index is -1.56. The number of carbonyl (C=O) groups is 7. The summed E-state index contributed by atoms with van der Waals surface area (Å²) < 4.78 is 0. The molecule has 0 aliphatic carbocycles. The van der Waals surface area contributed by atoms with E-state index in [4.69, 9.17) is 33.8 Å². The second kappa shape index (κ2) is 25.7. The van der Waals surface area contributed by atoms with Crippen LogP contribution in [0.25, 0.3) is 0 Å². The van der Waals surface area contributed by atoms with Gasteiger partial charge in [0, 0.05) is 13.1 Å². The standard InChI is InChI=1S/C32H61N13O9/c1-16(2)12-19(33)26(50)42-21(9-7-11-39-32(36)37)29(53)43-20(8-6-10-38-31(34)35)28(52)41-18(5)25(49)45-23(15-46)30(54)44-22(13-17(3)4)27(51)40-14-24(47)48/h16-23,46H,6-15,33H2,1-5H3,(H,40,51)(H,41,52)(H,42,50)(H,43,53)(H,44,54)(H,45,49)(H,47,48)(H4,34,35,38)(H4,36,37,39)/t18-,19+,20-,21-,22+,23-/m1/s1. The number of aliphatic hydroxyl groups excluding tert-OH is 1. The van der Waals surface area contributed by atoms with E-state index in [0.29, 0.717) is 6.42 Å². The van der Waals surface area contributed by atoms with Gasteiger partial charge in [-0.1, -0.05) is 27.7 Å². The average Bonchev–Trinajstić information content (AvgIpc) is 3.06. The molecule has 0 aromatic heterocycles. The molecule has 22 nitrogen and oxygen atoms in total. The first-order chi connectivity index (χ1) is 25.2. The summed E-state index contributed by atoms with van der Waals surface area (Å²) in [5, 5.41) is 33.3. The number of rotatable bonds is 26. The Balaban J connectivity index is 5.96. The zero-order valence-electron chi connectivity index (χ0n) is 31.7. The summed E-state index contributed by atoms with van der Waals surface area (Å²) in [4.78, 5) is 97.1. The first kappa shape index (κ1) is 48.8. The van der Waals surface area contributed by atoms with Gasteiger partial charge in [-0.15, -0.1) is 0 Å². The summed E-state index contributed by atoms with van der Waals surface area (Å²) in [6, 6.07) is -7.36. The van der Waals surface area contributed by atoms with Crippen molar-refractivity contribution in [3.63, 3.8) is 0 Å². The average molecular weight is 772 g/mol. The zero-order valence-corrected chi connectivity index (χ0v) is 31.7. The maximum absolute atomic E-state index is 13.6. The van der Waals surface area contributed by atoms with Crippen LogP contribution in [0, 0.1) is 11.8 Å². The van der Waals surface area contributed by atoms with Crippen LogP contribution in [-0.4, -0.2) is 126 Å². The largest absolute Gasteiger partial charge is 0.480 e. The molecule has 0 aliphatic heterocycles. The molecule has 18 N–H and O–H groups in total. The summed E-state index contributed by atoms with van der Waals surface area (Å²) in [5.74, 6) is -6.38. The van der Waals surface area contributed by atoms with Gasteiger partial charge in [0.1, 0.15) is 36.8 Å². The van der Waals surface area contributed by atoms with Crippen LogP contribution in [0.1, 0.15) is 73.1 Å². The van der Waals surface area contributed by atoms with Crippen molar-refractivity contribution in [2.75, 3.05) is 26.2 Å². The monoisotopic (exact) mass is 771 g/mol. The van der Waals surface area contributed by atoms with Crippen LogP contribution in [-0.2, 0) is 33.6 Å². The van der Waals surface area contributed by atoms with Crippen molar-refractivity contribution in [3.8, 4) is 0 Å². The molecule has 6 atom stereocenters. The van der Waals surface area contributed by atoms with Crippen molar-refractivity contribution in [2.45, 2.75) is 109 Å². The number of carboxylic acids is 1. The molecule has 0 rings (SSSR count). The van der Waals surface area contributed by atoms with E-state index in [9.17, 15) is 38.7 Å². The number of nitrogens with zero attached hydrogens (tertiary/aromatic N) is 2. The molecule has 6 amide bonds. The number of hydrogen-bond acceptors (Lipinski definition) is 11. The van der Waals surface area contributed by atoms with Crippen LogP contribution < -0.4 is 60.6 Å². The van der Waals surface area contributed by atoms with E-state index in [2.05, 4.69) is 41.9 Å². The second-order valence-corrected chi connectivity index (χ2v) is 13.5. The summed E-state index contributed by atoms with van der Waals surface area (Å²) in [5.41, 5.74) is 27.6. The van der Waals surface area contributed by atoms with Crippen LogP contribution in [0.2, 0.25) is 0 Å². The van der Waals surface area contributed by atoms with Crippen LogP contribution in [0.15, 0.2) is 9.98 Å². The molecule has 0 fully saturated rings. The number of guanidine groups is 2. The lowest BCUT2D eigenvalue weighted by molar-refractivity contribution is -0.138. The minimum absolute atomic E-state index is 0.00687. The molecule has 0 aliphatic rings. The van der Waals surface area contributed by atoms with Crippen LogP contribution in [0.5, 0.6) is 0 Å². The van der Waals surface area contributed by atoms with E-state index in [-0.39, 0.29) is 68.9 Å². The summed E-state index contributed by atoms with van der Waals surface area (Å²) >= 11 is 0. The Labute approximate surface area is 315 Å². The van der Waals surface area contributed by atoms with Crippen molar-refractivity contribution in [1.29, 1.82) is 0 Å². The highest BCUT2D eigenvalue weighted by Crippen LogP contribution is 2.08. The number of aliphatic imine (C=N–C) groups is 2. The van der Waals surface area contributed by atoms with Crippen LogP contribution in [0.3, 0.4) is 0 Å². The number of hydrogen-bond donors (Lipinski definition) is 13. The van der Waals surface area contributed by atoms with Gasteiger partial charge in [-0.05, 0) is 57.3 Å². The molecule has 22 heteroatoms. The molecule has 0 aromatic carbocycles. The van der Waals surface area contributed by atoms with Crippen molar-refractivity contribution in [1.82, 2.24) is 31.9 Å². The van der Waals surface area contributed by atoms with E-state index in [0.717, 1.165) is 0 Å². The Kier molecular flexibility index (Phi) is 23.2. The second-order valence-electron chi connectivity index (χ2n) is 13.5. The molecule has 54 heavy (non-hydrogen) atoms. The lowest BCUT2D eigenvalue weighted by Crippen LogP contribution is -2.59. The van der Waals surface area contributed by atoms with Gasteiger partial charge in [0.15, 0.2) is 11.9 Å². The summed E-state index contributed by atoms with van der Waals surface area (Å²) in [6.45, 7) is 7.28. The highest BCUT2D eigenvalue weighted by Gasteiger charge is 2.31. The van der Waals surface area contributed by atoms with Crippen molar-refractivity contribution in [3.05, 3.63) is 0 Å². The molecule has 0 aromatic rings. The molecule has 308 valence electrons. The van der Waals surface area contributed by atoms with Crippen LogP contribution in [0.4, 0.5) is 0 Å². The van der Waals surface area contributed by atoms with Gasteiger partial charge in [0.05, 0.1) is 12.6 Å². The van der Waals surface area contributed by atoms with Gasteiger partial charge < -0.3 is 70.8 Å². The summed E-state index contributed by atoms with van der Waals surface area (Å²) in [6.07, 6.45) is 1.03. The van der Waals surface area contributed by atoms with Crippen molar-refractivity contribution < 1.29 is 43.8 Å². The molecule has 0 saturated carbocycles. The first-order valence-electron chi connectivity index (χ1n) is 17.7. The number of amides is 6. The molecule has 0 spiro atoms. The van der Waals surface area contributed by atoms with E-state index in [1.807, 2.05) is 13.8 Å². The number of aliphatic carboxylic acids is 1. The number of nitrogens with one attached hydrogen (secondary N) is 6. The zero-order chi connectivity index (χ0) is 41.5. The maximum Gasteiger partial charge on any atom is 0.322 e. The highest BCUT2D eigenvalue weighted by molar-refractivity contribution is 5.96. The summed E-state index contributed by atoms with van der Waals surface area (Å²) in [7, 11) is 0. The first-order valence-corrected chi connectivity index (χ1v) is 17.7. The van der Waals surface area contributed by atoms with Gasteiger partial charge >= 0.3 is 5.97 Å². The number of carboxylic acid groups (broad SMARTS) is 1. The molecule has 0 saturated heterocycles. The predicted octanol–water partition coefficient (Wildman–Crippen LogP) is -4.85. The van der Waals surface area contributed by atoms with Crippen molar-refractivity contribution in [2.24, 2.45) is 50.5 Å². The molecule has 0 radical (unpaired) electrons. The fourth-order valence-corrected chi connectivity index (χ4v) is 4.84. The Hall–Kier alpha value is -5.25. The third kappa shape index (κ3) is 21.3. The lowest BCUT2D eigenvalue weighted by Gasteiger charge is -2.26.